The van der Waals surface area contributed by atoms with Crippen molar-refractivity contribution in [1.29, 1.82) is 0 Å². The maximum atomic E-state index is 11.9. The van der Waals surface area contributed by atoms with Crippen molar-refractivity contribution in [3.05, 3.63) is 41.3 Å². The molecule has 0 saturated heterocycles. The quantitative estimate of drug-likeness (QED) is 0.857. The predicted octanol–water partition coefficient (Wildman–Crippen LogP) is 2.42. The number of nitrogens with one attached hydrogen (secondary N) is 2. The number of pyridine rings is 1. The minimum atomic E-state index is -0.148. The lowest BCUT2D eigenvalue weighted by atomic mass is 10.2. The molecule has 2 rings (SSSR count). The summed E-state index contributed by atoms with van der Waals surface area (Å²) in [5, 5.41) is 10.7. The summed E-state index contributed by atoms with van der Waals surface area (Å²) >= 11 is 5.75. The normalized spacial score (nSPS) is 13.6. The summed E-state index contributed by atoms with van der Waals surface area (Å²) in [6.45, 7) is 6.29. The highest BCUT2D eigenvalue weighted by Crippen LogP contribution is 2.11. The monoisotopic (exact) mass is 321 g/mol. The molecule has 2 unspecified atom stereocenters. The van der Waals surface area contributed by atoms with E-state index in [4.69, 9.17) is 11.6 Å². The molecule has 2 atom stereocenters. The van der Waals surface area contributed by atoms with E-state index in [2.05, 4.69) is 27.6 Å². The van der Waals surface area contributed by atoms with Crippen LogP contribution in [0.15, 0.2) is 30.7 Å². The van der Waals surface area contributed by atoms with Gasteiger partial charge in [0.15, 0.2) is 0 Å². The van der Waals surface area contributed by atoms with E-state index in [1.807, 2.05) is 30.9 Å². The van der Waals surface area contributed by atoms with E-state index in [1.54, 1.807) is 12.1 Å². The highest BCUT2D eigenvalue weighted by atomic mass is 35.5. The van der Waals surface area contributed by atoms with Gasteiger partial charge in [0, 0.05) is 18.4 Å². The van der Waals surface area contributed by atoms with Crippen LogP contribution < -0.4 is 10.6 Å². The van der Waals surface area contributed by atoms with E-state index >= 15 is 0 Å². The van der Waals surface area contributed by atoms with Gasteiger partial charge in [-0.2, -0.15) is 5.10 Å². The average Bonchev–Trinajstić information content (AvgIpc) is 2.93. The number of hydrogen-bond acceptors (Lipinski definition) is 4. The fourth-order valence-electron chi connectivity index (χ4n) is 1.95. The molecule has 2 aromatic heterocycles. The first-order chi connectivity index (χ1) is 10.5. The summed E-state index contributed by atoms with van der Waals surface area (Å²) in [7, 11) is 0. The summed E-state index contributed by atoms with van der Waals surface area (Å²) < 4.78 is 1.89. The second-order valence-electron chi connectivity index (χ2n) is 5.32. The van der Waals surface area contributed by atoms with Crippen molar-refractivity contribution in [3.63, 3.8) is 0 Å². The Hall–Kier alpha value is -1.92. The Kier molecular flexibility index (Phi) is 5.51. The van der Waals surface area contributed by atoms with E-state index < -0.39 is 0 Å². The average molecular weight is 322 g/mol. The Morgan fingerprint density at radius 2 is 2.14 bits per heavy atom. The molecule has 0 bridgehead atoms. The molecule has 1 amide bonds. The fraction of sp³-hybridized carbons (Fsp3) is 0.400. The lowest BCUT2D eigenvalue weighted by Gasteiger charge is -2.21. The summed E-state index contributed by atoms with van der Waals surface area (Å²) in [5.74, 6) is 0.338. The van der Waals surface area contributed by atoms with Gasteiger partial charge in [0.25, 0.3) is 0 Å². The van der Waals surface area contributed by atoms with Gasteiger partial charge < -0.3 is 10.6 Å². The molecule has 118 valence electrons. The van der Waals surface area contributed by atoms with Crippen LogP contribution in [0.25, 0.3) is 0 Å². The largest absolute Gasteiger partial charge is 0.310 e. The lowest BCUT2D eigenvalue weighted by Crippen LogP contribution is -2.39. The highest BCUT2D eigenvalue weighted by Gasteiger charge is 2.15. The fourth-order valence-corrected chi connectivity index (χ4v) is 2.06. The summed E-state index contributed by atoms with van der Waals surface area (Å²) in [5.41, 5.74) is 1.12. The summed E-state index contributed by atoms with van der Waals surface area (Å²) in [6, 6.07) is 3.60. The van der Waals surface area contributed by atoms with Gasteiger partial charge in [0.1, 0.15) is 5.82 Å². The van der Waals surface area contributed by atoms with E-state index in [-0.39, 0.29) is 24.5 Å². The zero-order chi connectivity index (χ0) is 16.1. The first-order valence-electron chi connectivity index (χ1n) is 7.11. The minimum Gasteiger partial charge on any atom is -0.310 e. The topological polar surface area (TPSA) is 71.8 Å². The van der Waals surface area contributed by atoms with Crippen molar-refractivity contribution in [2.24, 2.45) is 0 Å². The van der Waals surface area contributed by atoms with Gasteiger partial charge in [-0.05, 0) is 38.5 Å². The number of aryl methyl sites for hydroxylation is 1. The van der Waals surface area contributed by atoms with Crippen molar-refractivity contribution < 1.29 is 4.79 Å². The molecular weight excluding hydrogens is 302 g/mol. The zero-order valence-corrected chi connectivity index (χ0v) is 13.6. The number of carbonyl (C=O) groups excluding carboxylic acids is 1. The van der Waals surface area contributed by atoms with Crippen LogP contribution in [0.3, 0.4) is 0 Å². The van der Waals surface area contributed by atoms with Crippen molar-refractivity contribution in [2.75, 3.05) is 11.9 Å². The number of halogens is 1. The molecule has 2 N–H and O–H groups in total. The number of amides is 1. The molecule has 0 aliphatic carbocycles. The highest BCUT2D eigenvalue weighted by molar-refractivity contribution is 6.30. The number of hydrogen-bond donors (Lipinski definition) is 2. The van der Waals surface area contributed by atoms with Crippen LogP contribution in [0.5, 0.6) is 0 Å². The molecule has 2 aromatic rings. The second kappa shape index (κ2) is 7.38. The third-order valence-corrected chi connectivity index (χ3v) is 3.67. The van der Waals surface area contributed by atoms with Crippen LogP contribution in [0.4, 0.5) is 5.82 Å². The molecule has 0 saturated carbocycles. The number of nitrogens with zero attached hydrogens (tertiary/aromatic N) is 3. The molecule has 6 nitrogen and oxygen atoms in total. The van der Waals surface area contributed by atoms with Gasteiger partial charge in [-0.15, -0.1) is 0 Å². The van der Waals surface area contributed by atoms with E-state index in [9.17, 15) is 4.79 Å². The number of rotatable bonds is 6. The smallest absolute Gasteiger partial charge is 0.239 e. The van der Waals surface area contributed by atoms with E-state index in [0.717, 1.165) is 5.56 Å². The van der Waals surface area contributed by atoms with Gasteiger partial charge >= 0.3 is 0 Å². The first-order valence-corrected chi connectivity index (χ1v) is 7.49. The maximum Gasteiger partial charge on any atom is 0.239 e. The van der Waals surface area contributed by atoms with Crippen LogP contribution in [-0.4, -0.2) is 33.3 Å². The van der Waals surface area contributed by atoms with E-state index in [0.29, 0.717) is 10.8 Å². The molecular formula is C15H20ClN5O. The van der Waals surface area contributed by atoms with Crippen LogP contribution in [0, 0.1) is 6.92 Å². The number of carbonyl (C=O) groups is 1. The third-order valence-electron chi connectivity index (χ3n) is 3.45. The van der Waals surface area contributed by atoms with E-state index in [1.165, 1.54) is 6.20 Å². The molecule has 2 heterocycles. The Morgan fingerprint density at radius 1 is 1.36 bits per heavy atom. The molecule has 0 aliphatic rings. The molecule has 22 heavy (non-hydrogen) atoms. The van der Waals surface area contributed by atoms with Gasteiger partial charge in [-0.1, -0.05) is 11.6 Å². The van der Waals surface area contributed by atoms with Crippen LogP contribution in [0.1, 0.15) is 25.5 Å². The molecule has 0 aromatic carbocycles. The van der Waals surface area contributed by atoms with Crippen molar-refractivity contribution in [1.82, 2.24) is 20.1 Å². The van der Waals surface area contributed by atoms with Crippen molar-refractivity contribution in [2.45, 2.75) is 32.9 Å². The Labute approximate surface area is 134 Å². The minimum absolute atomic E-state index is 0.100. The van der Waals surface area contributed by atoms with Crippen molar-refractivity contribution in [3.8, 4) is 0 Å². The summed E-state index contributed by atoms with van der Waals surface area (Å²) in [6.07, 6.45) is 5.30. The van der Waals surface area contributed by atoms with Gasteiger partial charge in [0.05, 0.1) is 23.8 Å². The Morgan fingerprint density at radius 3 is 2.73 bits per heavy atom. The first kappa shape index (κ1) is 16.5. The molecule has 0 spiro atoms. The SMILES string of the molecule is Cc1cnn(C(C)C(C)NCC(=O)Nc2ccc(Cl)cn2)c1. The second-order valence-corrected chi connectivity index (χ2v) is 5.75. The number of aromatic nitrogens is 3. The molecule has 7 heteroatoms. The number of anilines is 1. The van der Waals surface area contributed by atoms with Crippen LogP contribution in [-0.2, 0) is 4.79 Å². The Bertz CT molecular complexity index is 625. The van der Waals surface area contributed by atoms with Gasteiger partial charge in [-0.25, -0.2) is 4.98 Å². The molecule has 0 radical (unpaired) electrons. The van der Waals surface area contributed by atoms with Crippen molar-refractivity contribution >= 4 is 23.3 Å². The van der Waals surface area contributed by atoms with Crippen LogP contribution in [0.2, 0.25) is 5.02 Å². The Balaban J connectivity index is 1.81. The predicted molar refractivity (Wildman–Crippen MR) is 87.0 cm³/mol. The summed E-state index contributed by atoms with van der Waals surface area (Å²) in [4.78, 5) is 15.9. The lowest BCUT2D eigenvalue weighted by molar-refractivity contribution is -0.115. The van der Waals surface area contributed by atoms with Gasteiger partial charge in [0.2, 0.25) is 5.91 Å². The van der Waals surface area contributed by atoms with Crippen LogP contribution >= 0.6 is 11.6 Å². The third kappa shape index (κ3) is 4.54. The van der Waals surface area contributed by atoms with Gasteiger partial charge in [-0.3, -0.25) is 9.48 Å². The molecule has 0 fully saturated rings. The maximum absolute atomic E-state index is 11.9. The molecule has 0 aliphatic heterocycles. The zero-order valence-electron chi connectivity index (χ0n) is 12.9. The standard InChI is InChI=1S/C15H20ClN5O/c1-10-6-19-21(9-10)12(3)11(2)17-8-15(22)20-14-5-4-13(16)7-18-14/h4-7,9,11-12,17H,8H2,1-3H3,(H,18,20,22).